The first-order valence-corrected chi connectivity index (χ1v) is 10.3. The van der Waals surface area contributed by atoms with E-state index in [0.29, 0.717) is 24.4 Å². The van der Waals surface area contributed by atoms with Crippen LogP contribution >= 0.6 is 0 Å². The van der Waals surface area contributed by atoms with Gasteiger partial charge in [-0.15, -0.1) is 0 Å². The van der Waals surface area contributed by atoms with E-state index >= 15 is 0 Å². The van der Waals surface area contributed by atoms with Crippen molar-refractivity contribution in [2.75, 3.05) is 29.1 Å². The van der Waals surface area contributed by atoms with E-state index in [0.717, 1.165) is 17.9 Å². The minimum absolute atomic E-state index is 0.0434. The standard InChI is InChI=1S/C23H31N3O3/c1-3-5-6-7-15-29-21-10-8-9-20(16-21)24-17-23(28)26-19-13-11-18(12-14-19)25-22(27)4-2/h8-14,16,24H,3-7,15,17H2,1-2H3,(H,25,27)(H,26,28). The Hall–Kier alpha value is -3.02. The molecule has 2 aromatic carbocycles. The molecular formula is C23H31N3O3. The Morgan fingerprint density at radius 3 is 2.17 bits per heavy atom. The number of amides is 2. The van der Waals surface area contributed by atoms with Crippen molar-refractivity contribution in [2.24, 2.45) is 0 Å². The number of unbranched alkanes of at least 4 members (excludes halogenated alkanes) is 3. The number of benzene rings is 2. The predicted octanol–water partition coefficient (Wildman–Crippen LogP) is 5.04. The van der Waals surface area contributed by atoms with Gasteiger partial charge in [0, 0.05) is 29.5 Å². The van der Waals surface area contributed by atoms with Crippen molar-refractivity contribution in [1.82, 2.24) is 0 Å². The van der Waals surface area contributed by atoms with E-state index in [9.17, 15) is 9.59 Å². The molecular weight excluding hydrogens is 366 g/mol. The summed E-state index contributed by atoms with van der Waals surface area (Å²) in [6.45, 7) is 4.84. The molecule has 0 saturated carbocycles. The molecule has 2 amide bonds. The van der Waals surface area contributed by atoms with Gasteiger partial charge in [0.15, 0.2) is 0 Å². The summed E-state index contributed by atoms with van der Waals surface area (Å²) in [7, 11) is 0. The van der Waals surface area contributed by atoms with Gasteiger partial charge in [-0.05, 0) is 42.8 Å². The number of carbonyl (C=O) groups is 2. The van der Waals surface area contributed by atoms with Gasteiger partial charge in [-0.2, -0.15) is 0 Å². The van der Waals surface area contributed by atoms with Crippen molar-refractivity contribution in [3.05, 3.63) is 48.5 Å². The first-order chi connectivity index (χ1) is 14.1. The summed E-state index contributed by atoms with van der Waals surface area (Å²) in [4.78, 5) is 23.6. The van der Waals surface area contributed by atoms with Crippen molar-refractivity contribution in [1.29, 1.82) is 0 Å². The average Bonchev–Trinajstić information content (AvgIpc) is 2.74. The number of hydrogen-bond acceptors (Lipinski definition) is 4. The van der Waals surface area contributed by atoms with E-state index in [1.54, 1.807) is 31.2 Å². The van der Waals surface area contributed by atoms with Crippen molar-refractivity contribution >= 4 is 28.9 Å². The van der Waals surface area contributed by atoms with Gasteiger partial charge in [0.1, 0.15) is 5.75 Å². The van der Waals surface area contributed by atoms with Crippen LogP contribution in [0.25, 0.3) is 0 Å². The van der Waals surface area contributed by atoms with Crippen LogP contribution in [0.15, 0.2) is 48.5 Å². The van der Waals surface area contributed by atoms with Crippen molar-refractivity contribution in [2.45, 2.75) is 46.0 Å². The fourth-order valence-electron chi connectivity index (χ4n) is 2.69. The van der Waals surface area contributed by atoms with Crippen LogP contribution < -0.4 is 20.7 Å². The monoisotopic (exact) mass is 397 g/mol. The van der Waals surface area contributed by atoms with Gasteiger partial charge in [-0.3, -0.25) is 9.59 Å². The molecule has 0 unspecified atom stereocenters. The second-order valence-electron chi connectivity index (χ2n) is 6.82. The Balaban J connectivity index is 1.75. The van der Waals surface area contributed by atoms with E-state index in [1.807, 2.05) is 24.3 Å². The smallest absolute Gasteiger partial charge is 0.243 e. The first-order valence-electron chi connectivity index (χ1n) is 10.3. The largest absolute Gasteiger partial charge is 0.494 e. The van der Waals surface area contributed by atoms with Crippen LogP contribution in [0.1, 0.15) is 46.0 Å². The molecule has 156 valence electrons. The molecule has 0 radical (unpaired) electrons. The minimum atomic E-state index is -0.152. The normalized spacial score (nSPS) is 10.3. The maximum Gasteiger partial charge on any atom is 0.243 e. The molecule has 0 heterocycles. The summed E-state index contributed by atoms with van der Waals surface area (Å²) in [6.07, 6.45) is 5.10. The van der Waals surface area contributed by atoms with Crippen LogP contribution in [0.3, 0.4) is 0 Å². The van der Waals surface area contributed by atoms with Gasteiger partial charge < -0.3 is 20.7 Å². The van der Waals surface area contributed by atoms with Crippen LogP contribution in [-0.4, -0.2) is 25.0 Å². The highest BCUT2D eigenvalue weighted by molar-refractivity contribution is 5.94. The lowest BCUT2D eigenvalue weighted by Gasteiger charge is -2.11. The molecule has 0 spiro atoms. The molecule has 0 saturated heterocycles. The number of carbonyl (C=O) groups excluding carboxylic acids is 2. The second kappa shape index (κ2) is 12.4. The molecule has 0 aliphatic heterocycles. The first kappa shape index (κ1) is 22.3. The van der Waals surface area contributed by atoms with Crippen molar-refractivity contribution < 1.29 is 14.3 Å². The van der Waals surface area contributed by atoms with Crippen molar-refractivity contribution in [3.63, 3.8) is 0 Å². The van der Waals surface area contributed by atoms with E-state index in [4.69, 9.17) is 4.74 Å². The van der Waals surface area contributed by atoms with Gasteiger partial charge in [0.2, 0.25) is 11.8 Å². The molecule has 2 rings (SSSR count). The maximum atomic E-state index is 12.2. The third-order valence-corrected chi connectivity index (χ3v) is 4.33. The Labute approximate surface area is 173 Å². The second-order valence-corrected chi connectivity index (χ2v) is 6.82. The number of ether oxygens (including phenoxy) is 1. The summed E-state index contributed by atoms with van der Waals surface area (Å²) in [5.41, 5.74) is 2.22. The van der Waals surface area contributed by atoms with Crippen LogP contribution in [0.5, 0.6) is 5.75 Å². The highest BCUT2D eigenvalue weighted by Crippen LogP contribution is 2.18. The summed E-state index contributed by atoms with van der Waals surface area (Å²) >= 11 is 0. The number of rotatable bonds is 12. The Morgan fingerprint density at radius 1 is 0.828 bits per heavy atom. The quantitative estimate of drug-likeness (QED) is 0.438. The van der Waals surface area contributed by atoms with Gasteiger partial charge >= 0.3 is 0 Å². The fraction of sp³-hybridized carbons (Fsp3) is 0.391. The molecule has 0 fully saturated rings. The molecule has 0 aromatic heterocycles. The lowest BCUT2D eigenvalue weighted by Crippen LogP contribution is -2.21. The van der Waals surface area contributed by atoms with Crippen LogP contribution in [0.4, 0.5) is 17.1 Å². The summed E-state index contributed by atoms with van der Waals surface area (Å²) in [5, 5.41) is 8.71. The lowest BCUT2D eigenvalue weighted by molar-refractivity contribution is -0.116. The molecule has 0 aliphatic rings. The zero-order chi connectivity index (χ0) is 20.9. The van der Waals surface area contributed by atoms with E-state index in [-0.39, 0.29) is 18.4 Å². The van der Waals surface area contributed by atoms with Crippen molar-refractivity contribution in [3.8, 4) is 5.75 Å². The average molecular weight is 398 g/mol. The van der Waals surface area contributed by atoms with E-state index in [1.165, 1.54) is 19.3 Å². The SMILES string of the molecule is CCCCCCOc1cccc(NCC(=O)Nc2ccc(NC(=O)CC)cc2)c1. The summed E-state index contributed by atoms with van der Waals surface area (Å²) < 4.78 is 5.77. The van der Waals surface area contributed by atoms with Gasteiger partial charge in [-0.25, -0.2) is 0 Å². The number of anilines is 3. The molecule has 29 heavy (non-hydrogen) atoms. The zero-order valence-electron chi connectivity index (χ0n) is 17.3. The van der Waals surface area contributed by atoms with E-state index in [2.05, 4.69) is 22.9 Å². The molecule has 0 bridgehead atoms. The van der Waals surface area contributed by atoms with Gasteiger partial charge in [0.25, 0.3) is 0 Å². The third-order valence-electron chi connectivity index (χ3n) is 4.33. The van der Waals surface area contributed by atoms with Gasteiger partial charge in [-0.1, -0.05) is 39.2 Å². The third kappa shape index (κ3) is 8.68. The molecule has 2 aromatic rings. The highest BCUT2D eigenvalue weighted by atomic mass is 16.5. The fourth-order valence-corrected chi connectivity index (χ4v) is 2.69. The Kier molecular flexibility index (Phi) is 9.55. The highest BCUT2D eigenvalue weighted by Gasteiger charge is 2.04. The Bertz CT molecular complexity index is 775. The molecule has 6 nitrogen and oxygen atoms in total. The maximum absolute atomic E-state index is 12.2. The van der Waals surface area contributed by atoms with Crippen LogP contribution in [0.2, 0.25) is 0 Å². The minimum Gasteiger partial charge on any atom is -0.494 e. The number of nitrogens with one attached hydrogen (secondary N) is 3. The summed E-state index contributed by atoms with van der Waals surface area (Å²) in [6, 6.07) is 14.7. The molecule has 0 aliphatic carbocycles. The lowest BCUT2D eigenvalue weighted by atomic mass is 10.2. The van der Waals surface area contributed by atoms with Gasteiger partial charge in [0.05, 0.1) is 13.2 Å². The Morgan fingerprint density at radius 2 is 1.52 bits per heavy atom. The predicted molar refractivity (Wildman–Crippen MR) is 119 cm³/mol. The van der Waals surface area contributed by atoms with Crippen LogP contribution in [0, 0.1) is 0 Å². The van der Waals surface area contributed by atoms with Crippen LogP contribution in [-0.2, 0) is 9.59 Å². The zero-order valence-corrected chi connectivity index (χ0v) is 17.3. The molecule has 0 atom stereocenters. The topological polar surface area (TPSA) is 79.5 Å². The molecule has 3 N–H and O–H groups in total. The summed E-state index contributed by atoms with van der Waals surface area (Å²) in [5.74, 6) is 0.607. The van der Waals surface area contributed by atoms with E-state index < -0.39 is 0 Å². The molecule has 6 heteroatoms. The number of hydrogen-bond donors (Lipinski definition) is 3.